The highest BCUT2D eigenvalue weighted by Crippen LogP contribution is 2.32. The van der Waals surface area contributed by atoms with E-state index in [9.17, 15) is 4.79 Å². The lowest BCUT2D eigenvalue weighted by Crippen LogP contribution is -2.31. The van der Waals surface area contributed by atoms with Gasteiger partial charge in [0.15, 0.2) is 0 Å². The van der Waals surface area contributed by atoms with E-state index in [1.165, 1.54) is 0 Å². The first-order valence-corrected chi connectivity index (χ1v) is 8.84. The van der Waals surface area contributed by atoms with E-state index in [2.05, 4.69) is 36.3 Å². The van der Waals surface area contributed by atoms with E-state index in [4.69, 9.17) is 0 Å². The van der Waals surface area contributed by atoms with Gasteiger partial charge in [-0.2, -0.15) is 0 Å². The number of carbonyl (C=O) groups is 1. The fraction of sp³-hybridized carbons (Fsp3) is 0.200. The molecule has 0 aliphatic carbocycles. The molecule has 1 heterocycles. The second-order valence-electron chi connectivity index (χ2n) is 5.99. The summed E-state index contributed by atoms with van der Waals surface area (Å²) in [6.07, 6.45) is 1.89. The number of rotatable bonds is 5. The summed E-state index contributed by atoms with van der Waals surface area (Å²) in [4.78, 5) is 18.2. The van der Waals surface area contributed by atoms with Gasteiger partial charge in [-0.15, -0.1) is 11.3 Å². The van der Waals surface area contributed by atoms with Crippen LogP contribution in [0.25, 0.3) is 10.4 Å². The van der Waals surface area contributed by atoms with Gasteiger partial charge >= 0.3 is 0 Å². The molecule has 0 aliphatic rings. The molecule has 0 radical (unpaired) electrons. The molecule has 3 nitrogen and oxygen atoms in total. The smallest absolute Gasteiger partial charge is 0.251 e. The minimum absolute atomic E-state index is 0.0641. The minimum Gasteiger partial charge on any atom is -0.343 e. The SMILES string of the molecule is CC(C)C(NC(=O)c1ccccc1)c1ncc(-c2ccccc2)s1. The number of nitrogens with zero attached hydrogens (tertiary/aromatic N) is 1. The standard InChI is InChI=1S/C20H20N2OS/c1-14(2)18(22-19(23)16-11-7-4-8-12-16)20-21-13-17(24-20)15-9-5-3-6-10-15/h3-14,18H,1-2H3,(H,22,23). The maximum absolute atomic E-state index is 12.5. The summed E-state index contributed by atoms with van der Waals surface area (Å²) < 4.78 is 0. The van der Waals surface area contributed by atoms with Crippen LogP contribution in [0.15, 0.2) is 66.9 Å². The van der Waals surface area contributed by atoms with Gasteiger partial charge in [0.05, 0.1) is 10.9 Å². The summed E-state index contributed by atoms with van der Waals surface area (Å²) in [6.45, 7) is 4.19. The first kappa shape index (κ1) is 16.4. The van der Waals surface area contributed by atoms with E-state index in [-0.39, 0.29) is 17.9 Å². The Morgan fingerprint density at radius 1 is 1.00 bits per heavy atom. The molecule has 122 valence electrons. The van der Waals surface area contributed by atoms with Crippen molar-refractivity contribution < 1.29 is 4.79 Å². The van der Waals surface area contributed by atoms with Gasteiger partial charge < -0.3 is 5.32 Å². The fourth-order valence-corrected chi connectivity index (χ4v) is 3.64. The van der Waals surface area contributed by atoms with Crippen molar-refractivity contribution in [3.63, 3.8) is 0 Å². The van der Waals surface area contributed by atoms with Crippen LogP contribution in [0.3, 0.4) is 0 Å². The Kier molecular flexibility index (Phi) is 5.06. The summed E-state index contributed by atoms with van der Waals surface area (Å²) in [7, 11) is 0. The number of thiazole rings is 1. The van der Waals surface area contributed by atoms with Gasteiger partial charge in [-0.1, -0.05) is 62.4 Å². The molecule has 0 fully saturated rings. The Labute approximate surface area is 146 Å². The molecule has 0 bridgehead atoms. The fourth-order valence-electron chi connectivity index (χ4n) is 2.49. The quantitative estimate of drug-likeness (QED) is 0.717. The summed E-state index contributed by atoms with van der Waals surface area (Å²) in [5.41, 5.74) is 1.82. The second-order valence-corrected chi connectivity index (χ2v) is 7.05. The third-order valence-electron chi connectivity index (χ3n) is 3.84. The molecule has 3 aromatic rings. The lowest BCUT2D eigenvalue weighted by Gasteiger charge is -2.20. The molecule has 0 saturated carbocycles. The normalized spacial score (nSPS) is 12.1. The molecule has 4 heteroatoms. The van der Waals surface area contributed by atoms with E-state index in [1.807, 2.05) is 54.7 Å². The van der Waals surface area contributed by atoms with Crippen LogP contribution in [-0.4, -0.2) is 10.9 Å². The summed E-state index contributed by atoms with van der Waals surface area (Å²) in [6, 6.07) is 19.4. The average molecular weight is 336 g/mol. The maximum Gasteiger partial charge on any atom is 0.251 e. The predicted octanol–water partition coefficient (Wildman–Crippen LogP) is 4.94. The van der Waals surface area contributed by atoms with Crippen molar-refractivity contribution in [2.24, 2.45) is 5.92 Å². The number of aromatic nitrogens is 1. The average Bonchev–Trinajstić information content (AvgIpc) is 3.10. The lowest BCUT2D eigenvalue weighted by molar-refractivity contribution is 0.0925. The maximum atomic E-state index is 12.5. The van der Waals surface area contributed by atoms with Crippen LogP contribution in [0, 0.1) is 5.92 Å². The molecule has 1 amide bonds. The van der Waals surface area contributed by atoms with Crippen LogP contribution in [0.1, 0.15) is 35.3 Å². The van der Waals surface area contributed by atoms with Crippen LogP contribution < -0.4 is 5.32 Å². The van der Waals surface area contributed by atoms with Crippen LogP contribution in [0.5, 0.6) is 0 Å². The van der Waals surface area contributed by atoms with Crippen molar-refractivity contribution in [3.05, 3.63) is 77.4 Å². The number of nitrogens with one attached hydrogen (secondary N) is 1. The Bertz CT molecular complexity index is 797. The Hall–Kier alpha value is -2.46. The predicted molar refractivity (Wildman–Crippen MR) is 99.0 cm³/mol. The molecule has 1 atom stereocenters. The van der Waals surface area contributed by atoms with Crippen molar-refractivity contribution in [2.75, 3.05) is 0 Å². The Morgan fingerprint density at radius 2 is 1.62 bits per heavy atom. The molecule has 3 rings (SSSR count). The monoisotopic (exact) mass is 336 g/mol. The molecule has 0 aliphatic heterocycles. The van der Waals surface area contributed by atoms with Crippen molar-refractivity contribution >= 4 is 17.2 Å². The Balaban J connectivity index is 1.82. The molecular formula is C20H20N2OS. The first-order valence-electron chi connectivity index (χ1n) is 8.02. The van der Waals surface area contributed by atoms with Crippen molar-refractivity contribution in [2.45, 2.75) is 19.9 Å². The van der Waals surface area contributed by atoms with E-state index < -0.39 is 0 Å². The van der Waals surface area contributed by atoms with Crippen molar-refractivity contribution in [1.82, 2.24) is 10.3 Å². The molecule has 2 aromatic carbocycles. The third kappa shape index (κ3) is 3.71. The van der Waals surface area contributed by atoms with E-state index in [0.29, 0.717) is 5.56 Å². The zero-order valence-corrected chi connectivity index (χ0v) is 14.6. The molecule has 0 saturated heterocycles. The highest BCUT2D eigenvalue weighted by atomic mass is 32.1. The van der Waals surface area contributed by atoms with Gasteiger partial charge in [0.1, 0.15) is 5.01 Å². The van der Waals surface area contributed by atoms with Gasteiger partial charge in [0.2, 0.25) is 0 Å². The first-order chi connectivity index (χ1) is 11.6. The van der Waals surface area contributed by atoms with Gasteiger partial charge in [0.25, 0.3) is 5.91 Å². The van der Waals surface area contributed by atoms with E-state index in [1.54, 1.807) is 11.3 Å². The summed E-state index contributed by atoms with van der Waals surface area (Å²) in [5.74, 6) is 0.193. The zero-order chi connectivity index (χ0) is 16.9. The topological polar surface area (TPSA) is 42.0 Å². The number of benzene rings is 2. The van der Waals surface area contributed by atoms with Crippen LogP contribution >= 0.6 is 11.3 Å². The highest BCUT2D eigenvalue weighted by Gasteiger charge is 2.22. The molecule has 1 aromatic heterocycles. The van der Waals surface area contributed by atoms with Crippen LogP contribution in [-0.2, 0) is 0 Å². The number of amides is 1. The van der Waals surface area contributed by atoms with E-state index in [0.717, 1.165) is 15.4 Å². The van der Waals surface area contributed by atoms with Crippen molar-refractivity contribution in [3.8, 4) is 10.4 Å². The summed E-state index contributed by atoms with van der Waals surface area (Å²) in [5, 5.41) is 4.06. The number of hydrogen-bond donors (Lipinski definition) is 1. The van der Waals surface area contributed by atoms with Gasteiger partial charge in [-0.3, -0.25) is 4.79 Å². The third-order valence-corrected chi connectivity index (χ3v) is 4.97. The van der Waals surface area contributed by atoms with E-state index >= 15 is 0 Å². The number of hydrogen-bond acceptors (Lipinski definition) is 3. The molecule has 1 unspecified atom stereocenters. The minimum atomic E-state index is -0.0971. The number of carbonyl (C=O) groups excluding carboxylic acids is 1. The largest absolute Gasteiger partial charge is 0.343 e. The zero-order valence-electron chi connectivity index (χ0n) is 13.8. The van der Waals surface area contributed by atoms with Gasteiger partial charge in [-0.25, -0.2) is 4.98 Å². The Morgan fingerprint density at radius 3 is 2.25 bits per heavy atom. The molecule has 24 heavy (non-hydrogen) atoms. The molecule has 1 N–H and O–H groups in total. The highest BCUT2D eigenvalue weighted by molar-refractivity contribution is 7.15. The lowest BCUT2D eigenvalue weighted by atomic mass is 10.0. The van der Waals surface area contributed by atoms with Crippen molar-refractivity contribution in [1.29, 1.82) is 0 Å². The second kappa shape index (κ2) is 7.41. The molecule has 0 spiro atoms. The van der Waals surface area contributed by atoms with Gasteiger partial charge in [0, 0.05) is 11.8 Å². The van der Waals surface area contributed by atoms with Crippen LogP contribution in [0.2, 0.25) is 0 Å². The van der Waals surface area contributed by atoms with Gasteiger partial charge in [-0.05, 0) is 23.6 Å². The van der Waals surface area contributed by atoms with Crippen LogP contribution in [0.4, 0.5) is 0 Å². The molecular weight excluding hydrogens is 316 g/mol. The summed E-state index contributed by atoms with van der Waals surface area (Å²) >= 11 is 1.63.